The lowest BCUT2D eigenvalue weighted by Crippen LogP contribution is -2.48. The Labute approximate surface area is 167 Å². The van der Waals surface area contributed by atoms with Crippen LogP contribution in [0.5, 0.6) is 0 Å². The van der Waals surface area contributed by atoms with Gasteiger partial charge in [-0.2, -0.15) is 0 Å². The Bertz CT molecular complexity index is 1190. The highest BCUT2D eigenvalue weighted by molar-refractivity contribution is 7.91. The van der Waals surface area contributed by atoms with Crippen LogP contribution in [0.2, 0.25) is 0 Å². The number of ether oxygens (including phenoxy) is 1. The lowest BCUT2D eigenvalue weighted by molar-refractivity contribution is -0.125. The first kappa shape index (κ1) is 19.6. The number of amides is 1. The Morgan fingerprint density at radius 3 is 2.86 bits per heavy atom. The van der Waals surface area contributed by atoms with Crippen molar-refractivity contribution < 1.29 is 22.7 Å². The fourth-order valence-corrected chi connectivity index (χ4v) is 6.00. The maximum absolute atomic E-state index is 12.5. The van der Waals surface area contributed by atoms with Crippen molar-refractivity contribution in [3.63, 3.8) is 0 Å². The summed E-state index contributed by atoms with van der Waals surface area (Å²) in [5.74, 6) is -0.679. The topological polar surface area (TPSA) is 124 Å². The number of aryl methyl sites for hydroxylation is 1. The number of rotatable bonds is 4. The zero-order chi connectivity index (χ0) is 20.8. The highest BCUT2D eigenvalue weighted by Crippen LogP contribution is 2.22. The summed E-state index contributed by atoms with van der Waals surface area (Å²) in [7, 11) is -3.16. The van der Waals surface area contributed by atoms with Crippen LogP contribution in [0, 0.1) is 0 Å². The van der Waals surface area contributed by atoms with Crippen molar-refractivity contribution in [2.45, 2.75) is 38.3 Å². The van der Waals surface area contributed by atoms with Crippen LogP contribution in [0.3, 0.4) is 0 Å². The first-order valence-corrected chi connectivity index (χ1v) is 11.2. The van der Waals surface area contributed by atoms with Crippen LogP contribution in [0.15, 0.2) is 23.0 Å². The molecule has 1 atom stereocenters. The summed E-state index contributed by atoms with van der Waals surface area (Å²) in [6.07, 6.45) is 1.91. The summed E-state index contributed by atoms with van der Waals surface area (Å²) < 4.78 is 29.9. The number of hydrogen-bond acceptors (Lipinski definition) is 7. The van der Waals surface area contributed by atoms with E-state index < -0.39 is 33.9 Å². The van der Waals surface area contributed by atoms with Crippen LogP contribution in [-0.2, 0) is 32.3 Å². The Morgan fingerprint density at radius 2 is 2.14 bits per heavy atom. The van der Waals surface area contributed by atoms with Crippen molar-refractivity contribution in [3.8, 4) is 0 Å². The minimum Gasteiger partial charge on any atom is -0.452 e. The maximum Gasteiger partial charge on any atom is 0.338 e. The molecule has 1 aromatic carbocycles. The molecule has 154 valence electrons. The molecule has 1 saturated heterocycles. The summed E-state index contributed by atoms with van der Waals surface area (Å²) in [6, 6.07) is 4.50. The van der Waals surface area contributed by atoms with E-state index in [0.717, 1.165) is 6.42 Å². The third-order valence-electron chi connectivity index (χ3n) is 5.33. The second kappa shape index (κ2) is 6.94. The van der Waals surface area contributed by atoms with E-state index in [0.29, 0.717) is 36.1 Å². The zero-order valence-corrected chi connectivity index (χ0v) is 16.8. The number of esters is 1. The van der Waals surface area contributed by atoms with Crippen LogP contribution < -0.4 is 10.9 Å². The van der Waals surface area contributed by atoms with Gasteiger partial charge in [0.1, 0.15) is 5.82 Å². The number of nitrogens with one attached hydrogen (secondary N) is 1. The predicted molar refractivity (Wildman–Crippen MR) is 104 cm³/mol. The number of benzene rings is 1. The lowest BCUT2D eigenvalue weighted by Gasteiger charge is -2.23. The molecule has 0 unspecified atom stereocenters. The van der Waals surface area contributed by atoms with Crippen LogP contribution in [0.4, 0.5) is 0 Å². The fraction of sp³-hybridized carbons (Fsp3) is 0.474. The third-order valence-corrected chi connectivity index (χ3v) is 7.23. The molecule has 1 amide bonds. The Hall–Kier alpha value is -2.75. The van der Waals surface area contributed by atoms with Crippen molar-refractivity contribution in [1.29, 1.82) is 0 Å². The van der Waals surface area contributed by atoms with Gasteiger partial charge in [0.05, 0.1) is 33.5 Å². The summed E-state index contributed by atoms with van der Waals surface area (Å²) in [4.78, 5) is 41.4. The zero-order valence-electron chi connectivity index (χ0n) is 15.9. The van der Waals surface area contributed by atoms with Gasteiger partial charge in [-0.25, -0.2) is 18.2 Å². The second-order valence-corrected chi connectivity index (χ2v) is 10.0. The number of aromatic nitrogens is 2. The van der Waals surface area contributed by atoms with E-state index >= 15 is 0 Å². The van der Waals surface area contributed by atoms with Gasteiger partial charge in [0.15, 0.2) is 16.4 Å². The van der Waals surface area contributed by atoms with Gasteiger partial charge in [-0.05, 0) is 38.0 Å². The van der Waals surface area contributed by atoms with Gasteiger partial charge in [0.25, 0.3) is 11.5 Å². The quantitative estimate of drug-likeness (QED) is 0.702. The highest BCUT2D eigenvalue weighted by atomic mass is 32.2. The SMILES string of the molecule is C[C@]1(NC(=O)COC(=O)c2ccc3c(=O)n4c(nc3c2)CCC4)CCS(=O)(=O)C1. The highest BCUT2D eigenvalue weighted by Gasteiger charge is 2.39. The van der Waals surface area contributed by atoms with E-state index in [9.17, 15) is 22.8 Å². The smallest absolute Gasteiger partial charge is 0.338 e. The molecule has 3 heterocycles. The summed E-state index contributed by atoms with van der Waals surface area (Å²) in [6.45, 7) is 1.78. The molecule has 1 aromatic heterocycles. The van der Waals surface area contributed by atoms with Gasteiger partial charge >= 0.3 is 5.97 Å². The first-order valence-electron chi connectivity index (χ1n) is 9.38. The van der Waals surface area contributed by atoms with Crippen molar-refractivity contribution in [2.75, 3.05) is 18.1 Å². The maximum atomic E-state index is 12.5. The first-order chi connectivity index (χ1) is 13.7. The normalized spacial score (nSPS) is 22.4. The van der Waals surface area contributed by atoms with Crippen LogP contribution in [0.1, 0.15) is 35.9 Å². The number of fused-ring (bicyclic) bond motifs is 2. The molecule has 1 N–H and O–H groups in total. The van der Waals surface area contributed by atoms with E-state index in [1.165, 1.54) is 18.2 Å². The van der Waals surface area contributed by atoms with E-state index in [1.807, 2.05) is 0 Å². The number of sulfone groups is 1. The molecule has 0 spiro atoms. The van der Waals surface area contributed by atoms with Crippen molar-refractivity contribution >= 4 is 32.6 Å². The number of carbonyl (C=O) groups excluding carboxylic acids is 2. The fourth-order valence-electron chi connectivity index (χ4n) is 3.91. The van der Waals surface area contributed by atoms with E-state index in [4.69, 9.17) is 4.74 Å². The Balaban J connectivity index is 1.43. The molecular weight excluding hydrogens is 398 g/mol. The molecule has 2 aromatic rings. The van der Waals surface area contributed by atoms with Crippen molar-refractivity contribution in [3.05, 3.63) is 39.9 Å². The third kappa shape index (κ3) is 3.89. The predicted octanol–water partition coefficient (Wildman–Crippen LogP) is 0.193. The molecule has 2 aliphatic rings. The average molecular weight is 419 g/mol. The monoisotopic (exact) mass is 419 g/mol. The molecule has 9 nitrogen and oxygen atoms in total. The Morgan fingerprint density at radius 1 is 1.34 bits per heavy atom. The van der Waals surface area contributed by atoms with Crippen LogP contribution in [0.25, 0.3) is 10.9 Å². The van der Waals surface area contributed by atoms with Gasteiger partial charge in [0.2, 0.25) is 0 Å². The molecular formula is C19H21N3O6S. The van der Waals surface area contributed by atoms with Gasteiger partial charge in [-0.1, -0.05) is 0 Å². The standard InChI is InChI=1S/C19H21N3O6S/c1-19(6-8-29(26,27)11-19)21-16(23)10-28-18(25)12-4-5-13-14(9-12)20-15-3-2-7-22(15)17(13)24/h4-5,9H,2-3,6-8,10-11H2,1H3,(H,21,23)/t19-/m0/s1. The van der Waals surface area contributed by atoms with E-state index in [1.54, 1.807) is 11.5 Å². The van der Waals surface area contributed by atoms with Gasteiger partial charge in [-0.3, -0.25) is 14.2 Å². The van der Waals surface area contributed by atoms with Gasteiger partial charge in [0, 0.05) is 13.0 Å². The minimum atomic E-state index is -3.16. The molecule has 0 radical (unpaired) electrons. The van der Waals surface area contributed by atoms with Crippen LogP contribution >= 0.6 is 0 Å². The largest absolute Gasteiger partial charge is 0.452 e. The second-order valence-electron chi connectivity index (χ2n) is 7.85. The van der Waals surface area contributed by atoms with Crippen molar-refractivity contribution in [1.82, 2.24) is 14.9 Å². The Kier molecular flexibility index (Phi) is 4.68. The molecule has 4 rings (SSSR count). The molecule has 2 aliphatic heterocycles. The van der Waals surface area contributed by atoms with Gasteiger partial charge < -0.3 is 10.1 Å². The van der Waals surface area contributed by atoms with Crippen LogP contribution in [-0.4, -0.2) is 53.5 Å². The lowest BCUT2D eigenvalue weighted by atomic mass is 10.0. The molecule has 29 heavy (non-hydrogen) atoms. The van der Waals surface area contributed by atoms with Crippen molar-refractivity contribution in [2.24, 2.45) is 0 Å². The van der Waals surface area contributed by atoms with E-state index in [-0.39, 0.29) is 22.6 Å². The van der Waals surface area contributed by atoms with E-state index in [2.05, 4.69) is 10.3 Å². The molecule has 1 fully saturated rings. The summed E-state index contributed by atoms with van der Waals surface area (Å²) in [5.41, 5.74) is -0.361. The molecule has 0 bridgehead atoms. The average Bonchev–Trinajstić information content (AvgIpc) is 3.23. The molecule has 0 aliphatic carbocycles. The molecule has 10 heteroatoms. The summed E-state index contributed by atoms with van der Waals surface area (Å²) >= 11 is 0. The number of nitrogens with zero attached hydrogens (tertiary/aromatic N) is 2. The minimum absolute atomic E-state index is 0.0251. The van der Waals surface area contributed by atoms with Gasteiger partial charge in [-0.15, -0.1) is 0 Å². The number of hydrogen-bond donors (Lipinski definition) is 1. The molecule has 0 saturated carbocycles. The summed E-state index contributed by atoms with van der Waals surface area (Å²) in [5, 5.41) is 3.06. The number of carbonyl (C=O) groups is 2.